The van der Waals surface area contributed by atoms with E-state index in [4.69, 9.17) is 16.3 Å². The Morgan fingerprint density at radius 2 is 2.47 bits per heavy atom. The molecule has 17 heavy (non-hydrogen) atoms. The van der Waals surface area contributed by atoms with Crippen LogP contribution in [0.15, 0.2) is 12.3 Å². The minimum Gasteiger partial charge on any atom is -0.380 e. The number of likely N-dealkylation sites (tertiary alicyclic amines) is 1. The number of methoxy groups -OCH3 is 1. The highest BCUT2D eigenvalue weighted by Crippen LogP contribution is 2.17. The largest absolute Gasteiger partial charge is 0.380 e. The quantitative estimate of drug-likeness (QED) is 0.759. The van der Waals surface area contributed by atoms with Gasteiger partial charge in [-0.05, 0) is 12.5 Å². The summed E-state index contributed by atoms with van der Waals surface area (Å²) in [7, 11) is 1.61. The Balaban J connectivity index is 2.12. The van der Waals surface area contributed by atoms with Gasteiger partial charge in [0.05, 0.1) is 11.7 Å². The number of nitrogens with zero attached hydrogens (tertiary/aromatic N) is 2. The van der Waals surface area contributed by atoms with Crippen LogP contribution in [0.25, 0.3) is 0 Å². The molecule has 1 saturated heterocycles. The SMILES string of the molecule is CO[C@@H]1CCN(C(=O)c2cnc(Cl)c(F)c2)C1. The molecule has 1 atom stereocenters. The lowest BCUT2D eigenvalue weighted by Crippen LogP contribution is -2.30. The first-order valence-electron chi connectivity index (χ1n) is 5.25. The third-order valence-electron chi connectivity index (χ3n) is 2.81. The fourth-order valence-corrected chi connectivity index (χ4v) is 1.93. The maximum absolute atomic E-state index is 13.2. The first kappa shape index (κ1) is 12.3. The van der Waals surface area contributed by atoms with Crippen molar-refractivity contribution in [1.29, 1.82) is 0 Å². The van der Waals surface area contributed by atoms with E-state index in [0.717, 1.165) is 12.5 Å². The Bertz CT molecular complexity index is 441. The second-order valence-electron chi connectivity index (χ2n) is 3.89. The summed E-state index contributed by atoms with van der Waals surface area (Å²) in [6.07, 6.45) is 2.14. The standard InChI is InChI=1S/C11H12ClFN2O2/c1-17-8-2-3-15(6-8)11(16)7-4-9(13)10(12)14-5-7/h4-5,8H,2-3,6H2,1H3/t8-/m1/s1. The fraction of sp³-hybridized carbons (Fsp3) is 0.455. The van der Waals surface area contributed by atoms with E-state index in [9.17, 15) is 9.18 Å². The van der Waals surface area contributed by atoms with E-state index in [0.29, 0.717) is 13.1 Å². The number of rotatable bonds is 2. The molecule has 1 amide bonds. The molecule has 0 spiro atoms. The van der Waals surface area contributed by atoms with Crippen LogP contribution in [0, 0.1) is 5.82 Å². The van der Waals surface area contributed by atoms with Crippen LogP contribution >= 0.6 is 11.6 Å². The normalized spacial score (nSPS) is 19.7. The molecule has 1 aliphatic heterocycles. The minimum atomic E-state index is -0.681. The lowest BCUT2D eigenvalue weighted by Gasteiger charge is -2.15. The number of carbonyl (C=O) groups is 1. The third-order valence-corrected chi connectivity index (χ3v) is 3.09. The van der Waals surface area contributed by atoms with Crippen LogP contribution in [0.5, 0.6) is 0 Å². The van der Waals surface area contributed by atoms with Crippen LogP contribution in [0.1, 0.15) is 16.8 Å². The molecule has 2 heterocycles. The number of hydrogen-bond donors (Lipinski definition) is 0. The molecule has 0 aromatic carbocycles. The molecule has 0 bridgehead atoms. The van der Waals surface area contributed by atoms with Gasteiger partial charge in [-0.1, -0.05) is 11.6 Å². The van der Waals surface area contributed by atoms with Crippen molar-refractivity contribution >= 4 is 17.5 Å². The Hall–Kier alpha value is -1.20. The fourth-order valence-electron chi connectivity index (χ4n) is 1.83. The maximum Gasteiger partial charge on any atom is 0.255 e. The first-order chi connectivity index (χ1) is 8.11. The summed E-state index contributed by atoms with van der Waals surface area (Å²) in [4.78, 5) is 17.2. The monoisotopic (exact) mass is 258 g/mol. The molecule has 0 aliphatic carbocycles. The van der Waals surface area contributed by atoms with Gasteiger partial charge in [0.15, 0.2) is 11.0 Å². The average Bonchev–Trinajstić information content (AvgIpc) is 2.80. The molecule has 0 N–H and O–H groups in total. The Morgan fingerprint density at radius 1 is 1.71 bits per heavy atom. The summed E-state index contributed by atoms with van der Waals surface area (Å²) < 4.78 is 18.3. The first-order valence-corrected chi connectivity index (χ1v) is 5.62. The number of hydrogen-bond acceptors (Lipinski definition) is 3. The molecule has 1 aromatic heterocycles. The van der Waals surface area contributed by atoms with Gasteiger partial charge in [0.1, 0.15) is 0 Å². The zero-order valence-electron chi connectivity index (χ0n) is 9.32. The predicted octanol–water partition coefficient (Wildman–Crippen LogP) is 1.74. The highest BCUT2D eigenvalue weighted by molar-refractivity contribution is 6.29. The van der Waals surface area contributed by atoms with Crippen molar-refractivity contribution < 1.29 is 13.9 Å². The van der Waals surface area contributed by atoms with Crippen LogP contribution in [0.2, 0.25) is 5.15 Å². The van der Waals surface area contributed by atoms with Crippen molar-refractivity contribution in [1.82, 2.24) is 9.88 Å². The molecule has 2 rings (SSSR count). The smallest absolute Gasteiger partial charge is 0.255 e. The average molecular weight is 259 g/mol. The van der Waals surface area contributed by atoms with E-state index in [1.165, 1.54) is 6.20 Å². The number of aromatic nitrogens is 1. The molecular formula is C11H12ClFN2O2. The summed E-state index contributed by atoms with van der Waals surface area (Å²) in [5.41, 5.74) is 0.212. The topological polar surface area (TPSA) is 42.4 Å². The summed E-state index contributed by atoms with van der Waals surface area (Å²) in [5.74, 6) is -0.923. The van der Waals surface area contributed by atoms with Crippen molar-refractivity contribution in [3.63, 3.8) is 0 Å². The van der Waals surface area contributed by atoms with Crippen LogP contribution in [-0.4, -0.2) is 42.1 Å². The van der Waals surface area contributed by atoms with Gasteiger partial charge in [-0.3, -0.25) is 4.79 Å². The second kappa shape index (κ2) is 4.98. The Morgan fingerprint density at radius 3 is 3.06 bits per heavy atom. The van der Waals surface area contributed by atoms with Gasteiger partial charge in [-0.15, -0.1) is 0 Å². The number of halogens is 2. The number of ether oxygens (including phenoxy) is 1. The van der Waals surface area contributed by atoms with Gasteiger partial charge in [0, 0.05) is 26.4 Å². The summed E-state index contributed by atoms with van der Waals surface area (Å²) in [6.45, 7) is 1.14. The highest BCUT2D eigenvalue weighted by Gasteiger charge is 2.27. The van der Waals surface area contributed by atoms with E-state index in [2.05, 4.69) is 4.98 Å². The van der Waals surface area contributed by atoms with Crippen molar-refractivity contribution in [2.24, 2.45) is 0 Å². The zero-order chi connectivity index (χ0) is 12.4. The molecule has 0 radical (unpaired) electrons. The van der Waals surface area contributed by atoms with E-state index >= 15 is 0 Å². The number of amides is 1. The van der Waals surface area contributed by atoms with E-state index in [-0.39, 0.29) is 22.7 Å². The van der Waals surface area contributed by atoms with Crippen molar-refractivity contribution in [2.75, 3.05) is 20.2 Å². The number of pyridine rings is 1. The minimum absolute atomic E-state index is 0.0593. The van der Waals surface area contributed by atoms with Crippen molar-refractivity contribution in [3.05, 3.63) is 28.8 Å². The van der Waals surface area contributed by atoms with E-state index in [1.807, 2.05) is 0 Å². The molecule has 6 heteroatoms. The second-order valence-corrected chi connectivity index (χ2v) is 4.25. The highest BCUT2D eigenvalue weighted by atomic mass is 35.5. The number of carbonyl (C=O) groups excluding carboxylic acids is 1. The van der Waals surface area contributed by atoms with Gasteiger partial charge in [0.25, 0.3) is 5.91 Å². The summed E-state index contributed by atoms with van der Waals surface area (Å²) in [6, 6.07) is 1.11. The van der Waals surface area contributed by atoms with Crippen LogP contribution < -0.4 is 0 Å². The molecule has 4 nitrogen and oxygen atoms in total. The van der Waals surface area contributed by atoms with Crippen LogP contribution in [-0.2, 0) is 4.74 Å². The zero-order valence-corrected chi connectivity index (χ0v) is 10.1. The molecular weight excluding hydrogens is 247 g/mol. The Labute approximate surface area is 103 Å². The van der Waals surface area contributed by atoms with Gasteiger partial charge < -0.3 is 9.64 Å². The lowest BCUT2D eigenvalue weighted by molar-refractivity contribution is 0.0723. The third kappa shape index (κ3) is 2.56. The molecule has 1 aromatic rings. The van der Waals surface area contributed by atoms with Crippen molar-refractivity contribution in [3.8, 4) is 0 Å². The van der Waals surface area contributed by atoms with Crippen molar-refractivity contribution in [2.45, 2.75) is 12.5 Å². The molecule has 0 saturated carbocycles. The van der Waals surface area contributed by atoms with Crippen LogP contribution in [0.3, 0.4) is 0 Å². The summed E-state index contributed by atoms with van der Waals surface area (Å²) in [5, 5.41) is -0.224. The van der Waals surface area contributed by atoms with E-state index < -0.39 is 5.82 Å². The molecule has 1 fully saturated rings. The Kier molecular flexibility index (Phi) is 3.59. The van der Waals surface area contributed by atoms with Gasteiger partial charge in [-0.2, -0.15) is 0 Å². The van der Waals surface area contributed by atoms with Gasteiger partial charge >= 0.3 is 0 Å². The lowest BCUT2D eigenvalue weighted by atomic mass is 10.2. The van der Waals surface area contributed by atoms with Crippen LogP contribution in [0.4, 0.5) is 4.39 Å². The van der Waals surface area contributed by atoms with Gasteiger partial charge in [0.2, 0.25) is 0 Å². The maximum atomic E-state index is 13.2. The van der Waals surface area contributed by atoms with E-state index in [1.54, 1.807) is 12.0 Å². The molecule has 0 unspecified atom stereocenters. The predicted molar refractivity (Wildman–Crippen MR) is 60.5 cm³/mol. The molecule has 92 valence electrons. The molecule has 1 aliphatic rings. The summed E-state index contributed by atoms with van der Waals surface area (Å²) >= 11 is 5.46. The van der Waals surface area contributed by atoms with Gasteiger partial charge in [-0.25, -0.2) is 9.37 Å².